The van der Waals surface area contributed by atoms with Gasteiger partial charge in [-0.25, -0.2) is 0 Å². The molecule has 0 saturated carbocycles. The van der Waals surface area contributed by atoms with Gasteiger partial charge in [0.25, 0.3) is 0 Å². The summed E-state index contributed by atoms with van der Waals surface area (Å²) in [4.78, 5) is 3.98. The largest absolute Gasteiger partial charge is 0.328 e. The molecule has 2 rings (SSSR count). The van der Waals surface area contributed by atoms with E-state index in [4.69, 9.17) is 10.5 Å². The van der Waals surface area contributed by atoms with E-state index in [2.05, 4.69) is 12.1 Å². The number of nitrogens with zero attached hydrogens (tertiary/aromatic N) is 4. The number of hydrogen-bond acceptors (Lipinski definition) is 4. The van der Waals surface area contributed by atoms with E-state index >= 15 is 0 Å². The smallest absolute Gasteiger partial charge is 0.110 e. The fraction of sp³-hybridized carbons (Fsp3) is 0.263. The lowest BCUT2D eigenvalue weighted by Gasteiger charge is -2.21. The first-order valence-corrected chi connectivity index (χ1v) is 7.45. The van der Waals surface area contributed by atoms with Crippen molar-refractivity contribution in [3.05, 3.63) is 60.7 Å². The average molecular weight is 306 g/mol. The molecule has 0 radical (unpaired) electrons. The van der Waals surface area contributed by atoms with Gasteiger partial charge in [0.2, 0.25) is 0 Å². The molecule has 0 bridgehead atoms. The molecule has 0 fully saturated rings. The van der Waals surface area contributed by atoms with E-state index in [0.29, 0.717) is 13.0 Å². The van der Waals surface area contributed by atoms with Crippen LogP contribution in [-0.2, 0) is 0 Å². The molecule has 0 heterocycles. The minimum Gasteiger partial charge on any atom is -0.328 e. The van der Waals surface area contributed by atoms with Crippen LogP contribution < -0.4 is 4.90 Å². The zero-order chi connectivity index (χ0) is 16.9. The highest BCUT2D eigenvalue weighted by Crippen LogP contribution is 2.23. The van der Waals surface area contributed by atoms with E-state index in [-0.39, 0.29) is 0 Å². The highest BCUT2D eigenvalue weighted by Gasteiger charge is 2.06. The van der Waals surface area contributed by atoms with Gasteiger partial charge in [0, 0.05) is 24.3 Å². The summed E-state index contributed by atoms with van der Waals surface area (Å²) in [7, 11) is 3.91. The second-order valence-corrected chi connectivity index (χ2v) is 5.13. The minimum atomic E-state index is 0.355. The molecule has 0 spiro atoms. The van der Waals surface area contributed by atoms with Crippen LogP contribution in [0.4, 0.5) is 11.4 Å². The van der Waals surface area contributed by atoms with Crippen molar-refractivity contribution in [3.8, 4) is 12.1 Å². The Labute approximate surface area is 138 Å². The van der Waals surface area contributed by atoms with Crippen molar-refractivity contribution in [2.45, 2.75) is 6.42 Å². The molecule has 0 unspecified atom stereocenters. The summed E-state index contributed by atoms with van der Waals surface area (Å²) in [6.45, 7) is 1.23. The molecule has 2 aromatic rings. The van der Waals surface area contributed by atoms with Gasteiger partial charge in [0.05, 0.1) is 12.1 Å². The first-order chi connectivity index (χ1) is 11.2. The highest BCUT2D eigenvalue weighted by molar-refractivity contribution is 5.63. The maximum atomic E-state index is 8.87. The molecule has 4 heteroatoms. The van der Waals surface area contributed by atoms with Crippen molar-refractivity contribution in [1.29, 1.82) is 10.5 Å². The molecule has 0 atom stereocenters. The second-order valence-electron chi connectivity index (χ2n) is 5.13. The molecule has 23 heavy (non-hydrogen) atoms. The van der Waals surface area contributed by atoms with E-state index in [0.717, 1.165) is 17.9 Å². The Balaban J connectivity index is 0.000000322. The monoisotopic (exact) mass is 306 g/mol. The third kappa shape index (κ3) is 7.13. The Kier molecular flexibility index (Phi) is 8.59. The third-order valence-corrected chi connectivity index (χ3v) is 3.04. The highest BCUT2D eigenvalue weighted by atomic mass is 15.1. The Morgan fingerprint density at radius 3 is 1.57 bits per heavy atom. The van der Waals surface area contributed by atoms with Gasteiger partial charge in [-0.15, -0.1) is 0 Å². The quantitative estimate of drug-likeness (QED) is 0.788. The fourth-order valence-corrected chi connectivity index (χ4v) is 1.89. The van der Waals surface area contributed by atoms with Gasteiger partial charge in [-0.05, 0) is 38.4 Å². The Bertz CT molecular complexity index is 584. The van der Waals surface area contributed by atoms with E-state index in [1.165, 1.54) is 0 Å². The van der Waals surface area contributed by atoms with Crippen LogP contribution in [0.2, 0.25) is 0 Å². The fourth-order valence-electron chi connectivity index (χ4n) is 1.89. The zero-order valence-corrected chi connectivity index (χ0v) is 13.7. The molecular weight excluding hydrogens is 284 g/mol. The SMILES string of the molecule is CN(C)CCC#N.N#CCN(c1ccccc1)c1ccccc1. The standard InChI is InChI=1S/C14H12N2.C5H10N2/c15-11-12-16(13-7-3-1-4-8-13)14-9-5-2-6-10-14;1-7(2)5-3-4-6/h1-10H,12H2;3,5H2,1-2H3. The number of para-hydroxylation sites is 2. The summed E-state index contributed by atoms with van der Waals surface area (Å²) in [5, 5.41) is 16.9. The van der Waals surface area contributed by atoms with Crippen LogP contribution in [0.1, 0.15) is 6.42 Å². The summed E-state index contributed by atoms with van der Waals surface area (Å²) < 4.78 is 0. The number of nitriles is 2. The molecule has 0 aliphatic carbocycles. The summed E-state index contributed by atoms with van der Waals surface area (Å²) in [5.74, 6) is 0. The molecule has 0 saturated heterocycles. The van der Waals surface area contributed by atoms with Crippen LogP contribution >= 0.6 is 0 Å². The average Bonchev–Trinajstić information content (AvgIpc) is 2.60. The van der Waals surface area contributed by atoms with Gasteiger partial charge in [-0.2, -0.15) is 10.5 Å². The molecule has 2 aromatic carbocycles. The topological polar surface area (TPSA) is 54.1 Å². The first-order valence-electron chi connectivity index (χ1n) is 7.45. The van der Waals surface area contributed by atoms with Crippen molar-refractivity contribution in [1.82, 2.24) is 4.90 Å². The Hall–Kier alpha value is -2.82. The van der Waals surface area contributed by atoms with E-state index in [1.54, 1.807) is 0 Å². The number of anilines is 2. The second kappa shape index (κ2) is 10.8. The molecule has 0 aliphatic rings. The van der Waals surface area contributed by atoms with E-state index in [9.17, 15) is 0 Å². The lowest BCUT2D eigenvalue weighted by atomic mass is 10.2. The first kappa shape index (κ1) is 18.2. The molecule has 0 aromatic heterocycles. The van der Waals surface area contributed by atoms with Crippen LogP contribution in [0.3, 0.4) is 0 Å². The molecule has 4 nitrogen and oxygen atoms in total. The molecule has 0 aliphatic heterocycles. The zero-order valence-electron chi connectivity index (χ0n) is 13.7. The molecule has 118 valence electrons. The molecule has 0 N–H and O–H groups in total. The normalized spacial score (nSPS) is 9.26. The number of hydrogen-bond donors (Lipinski definition) is 0. The molecule has 0 amide bonds. The Morgan fingerprint density at radius 2 is 1.26 bits per heavy atom. The van der Waals surface area contributed by atoms with Crippen LogP contribution in [-0.4, -0.2) is 32.1 Å². The van der Waals surface area contributed by atoms with Crippen molar-refractivity contribution < 1.29 is 0 Å². The lowest BCUT2D eigenvalue weighted by molar-refractivity contribution is 0.419. The summed E-state index contributed by atoms with van der Waals surface area (Å²) in [5.41, 5.74) is 2.07. The van der Waals surface area contributed by atoms with Crippen molar-refractivity contribution >= 4 is 11.4 Å². The van der Waals surface area contributed by atoms with Crippen LogP contribution in [0.25, 0.3) is 0 Å². The van der Waals surface area contributed by atoms with E-state index in [1.807, 2.05) is 84.6 Å². The van der Waals surface area contributed by atoms with E-state index < -0.39 is 0 Å². The maximum Gasteiger partial charge on any atom is 0.110 e. The molecular formula is C19H22N4. The van der Waals surface area contributed by atoms with Crippen LogP contribution in [0.15, 0.2) is 60.7 Å². The van der Waals surface area contributed by atoms with Gasteiger partial charge in [-0.3, -0.25) is 0 Å². The predicted octanol–water partition coefficient (Wildman–Crippen LogP) is 3.81. The Morgan fingerprint density at radius 1 is 0.783 bits per heavy atom. The lowest BCUT2D eigenvalue weighted by Crippen LogP contribution is -2.16. The van der Waals surface area contributed by atoms with Crippen LogP contribution in [0.5, 0.6) is 0 Å². The predicted molar refractivity (Wildman–Crippen MR) is 94.3 cm³/mol. The summed E-state index contributed by atoms with van der Waals surface area (Å²) in [6.07, 6.45) is 0.632. The van der Waals surface area contributed by atoms with Gasteiger partial charge in [-0.1, -0.05) is 36.4 Å². The summed E-state index contributed by atoms with van der Waals surface area (Å²) >= 11 is 0. The van der Waals surface area contributed by atoms with Crippen LogP contribution in [0, 0.1) is 22.7 Å². The number of rotatable bonds is 5. The maximum absolute atomic E-state index is 8.87. The van der Waals surface area contributed by atoms with Gasteiger partial charge in [0.15, 0.2) is 0 Å². The van der Waals surface area contributed by atoms with Gasteiger partial charge in [0.1, 0.15) is 6.54 Å². The number of benzene rings is 2. The van der Waals surface area contributed by atoms with Gasteiger partial charge >= 0.3 is 0 Å². The van der Waals surface area contributed by atoms with Crippen molar-refractivity contribution in [2.75, 3.05) is 32.1 Å². The van der Waals surface area contributed by atoms with Crippen molar-refractivity contribution in [2.24, 2.45) is 0 Å². The minimum absolute atomic E-state index is 0.355. The van der Waals surface area contributed by atoms with Gasteiger partial charge < -0.3 is 9.80 Å². The summed E-state index contributed by atoms with van der Waals surface area (Å²) in [6, 6.07) is 24.1. The van der Waals surface area contributed by atoms with Crippen molar-refractivity contribution in [3.63, 3.8) is 0 Å². The third-order valence-electron chi connectivity index (χ3n) is 3.04.